The first kappa shape index (κ1) is 14.2. The minimum atomic E-state index is -0.296. The van der Waals surface area contributed by atoms with Gasteiger partial charge in [-0.15, -0.1) is 0 Å². The maximum Gasteiger partial charge on any atom is 0.320 e. The first-order valence-corrected chi connectivity index (χ1v) is 6.79. The van der Waals surface area contributed by atoms with Crippen LogP contribution in [0.4, 0.5) is 4.79 Å². The zero-order valence-electron chi connectivity index (χ0n) is 11.2. The van der Waals surface area contributed by atoms with Crippen LogP contribution in [0.3, 0.4) is 0 Å². The molecule has 2 aromatic carbocycles. The van der Waals surface area contributed by atoms with E-state index in [-0.39, 0.29) is 12.1 Å². The van der Waals surface area contributed by atoms with Crippen LogP contribution in [0.25, 0.3) is 0 Å². The van der Waals surface area contributed by atoms with E-state index in [1.54, 1.807) is 0 Å². The van der Waals surface area contributed by atoms with Gasteiger partial charge in [0.2, 0.25) is 0 Å². The number of urea groups is 1. The highest BCUT2D eigenvalue weighted by Crippen LogP contribution is 2.10. The Morgan fingerprint density at radius 3 is 2.15 bits per heavy atom. The fraction of sp³-hybridized carbons (Fsp3) is 0.125. The molecule has 0 spiro atoms. The lowest BCUT2D eigenvalue weighted by Crippen LogP contribution is -2.40. The Morgan fingerprint density at radius 1 is 1.00 bits per heavy atom. The summed E-state index contributed by atoms with van der Waals surface area (Å²) in [6, 6.07) is 18.8. The SMILES string of the molecule is C[C@@H](NC(=O)NC(=S)c1ccccc1)c1ccccc1. The molecule has 0 bridgehead atoms. The number of nitrogens with one attached hydrogen (secondary N) is 2. The minimum Gasteiger partial charge on any atom is -0.331 e. The van der Waals surface area contributed by atoms with E-state index < -0.39 is 0 Å². The van der Waals surface area contributed by atoms with Crippen molar-refractivity contribution in [3.05, 3.63) is 71.8 Å². The van der Waals surface area contributed by atoms with Crippen molar-refractivity contribution < 1.29 is 4.79 Å². The topological polar surface area (TPSA) is 41.1 Å². The third kappa shape index (κ3) is 3.90. The Bertz CT molecular complexity index is 584. The van der Waals surface area contributed by atoms with Gasteiger partial charge in [0, 0.05) is 5.56 Å². The molecule has 2 rings (SSSR count). The molecule has 1 atom stereocenters. The lowest BCUT2D eigenvalue weighted by Gasteiger charge is -2.15. The molecule has 0 fully saturated rings. The van der Waals surface area contributed by atoms with Crippen LogP contribution < -0.4 is 10.6 Å². The average molecular weight is 284 g/mol. The van der Waals surface area contributed by atoms with E-state index in [1.165, 1.54) is 0 Å². The van der Waals surface area contributed by atoms with Crippen molar-refractivity contribution in [1.29, 1.82) is 0 Å². The van der Waals surface area contributed by atoms with Crippen LogP contribution in [0.2, 0.25) is 0 Å². The molecule has 0 aromatic heterocycles. The number of hydrogen-bond acceptors (Lipinski definition) is 2. The van der Waals surface area contributed by atoms with Gasteiger partial charge in [0.15, 0.2) is 0 Å². The van der Waals surface area contributed by atoms with Crippen LogP contribution in [-0.2, 0) is 0 Å². The average Bonchev–Trinajstić information content (AvgIpc) is 2.49. The van der Waals surface area contributed by atoms with E-state index in [4.69, 9.17) is 12.2 Å². The summed E-state index contributed by atoms with van der Waals surface area (Å²) < 4.78 is 0. The van der Waals surface area contributed by atoms with Crippen molar-refractivity contribution in [1.82, 2.24) is 10.6 Å². The first-order valence-electron chi connectivity index (χ1n) is 6.38. The highest BCUT2D eigenvalue weighted by molar-refractivity contribution is 7.80. The zero-order chi connectivity index (χ0) is 14.4. The lowest BCUT2D eigenvalue weighted by atomic mass is 10.1. The fourth-order valence-electron chi connectivity index (χ4n) is 1.82. The van der Waals surface area contributed by atoms with Crippen LogP contribution in [0.15, 0.2) is 60.7 Å². The quantitative estimate of drug-likeness (QED) is 0.848. The molecule has 3 nitrogen and oxygen atoms in total. The van der Waals surface area contributed by atoms with Crippen molar-refractivity contribution in [3.63, 3.8) is 0 Å². The second-order valence-corrected chi connectivity index (χ2v) is 4.83. The van der Waals surface area contributed by atoms with Crippen molar-refractivity contribution in [2.45, 2.75) is 13.0 Å². The van der Waals surface area contributed by atoms with Gasteiger partial charge >= 0.3 is 6.03 Å². The Kier molecular flexibility index (Phi) is 4.85. The van der Waals surface area contributed by atoms with Gasteiger partial charge in [-0.05, 0) is 12.5 Å². The number of rotatable bonds is 3. The van der Waals surface area contributed by atoms with Gasteiger partial charge in [-0.3, -0.25) is 5.32 Å². The van der Waals surface area contributed by atoms with Gasteiger partial charge in [0.05, 0.1) is 6.04 Å². The molecule has 2 aromatic rings. The summed E-state index contributed by atoms with van der Waals surface area (Å²) in [4.78, 5) is 12.3. The van der Waals surface area contributed by atoms with E-state index in [0.717, 1.165) is 11.1 Å². The lowest BCUT2D eigenvalue weighted by molar-refractivity contribution is 0.242. The molecule has 2 amide bonds. The zero-order valence-corrected chi connectivity index (χ0v) is 12.0. The third-order valence-corrected chi connectivity index (χ3v) is 3.25. The number of amides is 2. The maximum absolute atomic E-state index is 11.9. The number of carbonyl (C=O) groups is 1. The van der Waals surface area contributed by atoms with Crippen molar-refractivity contribution >= 4 is 23.2 Å². The van der Waals surface area contributed by atoms with E-state index in [1.807, 2.05) is 67.6 Å². The molecule has 0 radical (unpaired) electrons. The van der Waals surface area contributed by atoms with Gasteiger partial charge in [0.1, 0.15) is 4.99 Å². The highest BCUT2D eigenvalue weighted by atomic mass is 32.1. The monoisotopic (exact) mass is 284 g/mol. The minimum absolute atomic E-state index is 0.0743. The van der Waals surface area contributed by atoms with Crippen LogP contribution in [0.5, 0.6) is 0 Å². The summed E-state index contributed by atoms with van der Waals surface area (Å²) in [6.07, 6.45) is 0. The Morgan fingerprint density at radius 2 is 1.55 bits per heavy atom. The normalized spacial score (nSPS) is 11.4. The van der Waals surface area contributed by atoms with E-state index >= 15 is 0 Å². The number of thiocarbonyl (C=S) groups is 1. The van der Waals surface area contributed by atoms with Crippen molar-refractivity contribution in [3.8, 4) is 0 Å². The smallest absolute Gasteiger partial charge is 0.320 e. The largest absolute Gasteiger partial charge is 0.331 e. The van der Waals surface area contributed by atoms with Gasteiger partial charge in [0.25, 0.3) is 0 Å². The summed E-state index contributed by atoms with van der Waals surface area (Å²) in [5.74, 6) is 0. The summed E-state index contributed by atoms with van der Waals surface area (Å²) in [5.41, 5.74) is 1.87. The summed E-state index contributed by atoms with van der Waals surface area (Å²) in [7, 11) is 0. The van der Waals surface area contributed by atoms with Crippen molar-refractivity contribution in [2.75, 3.05) is 0 Å². The van der Waals surface area contributed by atoms with E-state index in [2.05, 4.69) is 10.6 Å². The van der Waals surface area contributed by atoms with E-state index in [9.17, 15) is 4.79 Å². The molecule has 0 saturated carbocycles. The molecule has 0 aliphatic rings. The summed E-state index contributed by atoms with van der Waals surface area (Å²) in [6.45, 7) is 1.93. The van der Waals surface area contributed by atoms with Crippen molar-refractivity contribution in [2.24, 2.45) is 0 Å². The van der Waals surface area contributed by atoms with Crippen LogP contribution in [0, 0.1) is 0 Å². The second kappa shape index (κ2) is 6.82. The van der Waals surface area contributed by atoms with Crippen LogP contribution in [-0.4, -0.2) is 11.0 Å². The Balaban J connectivity index is 1.91. The molecular formula is C16H16N2OS. The molecule has 0 saturated heterocycles. The molecule has 0 aliphatic carbocycles. The molecule has 0 heterocycles. The second-order valence-electron chi connectivity index (χ2n) is 4.43. The molecule has 102 valence electrons. The Hall–Kier alpha value is -2.20. The van der Waals surface area contributed by atoms with Crippen LogP contribution >= 0.6 is 12.2 Å². The molecular weight excluding hydrogens is 268 g/mol. The third-order valence-electron chi connectivity index (χ3n) is 2.91. The Labute approximate surface area is 124 Å². The number of benzene rings is 2. The first-order chi connectivity index (χ1) is 9.66. The maximum atomic E-state index is 11.9. The molecule has 20 heavy (non-hydrogen) atoms. The fourth-order valence-corrected chi connectivity index (χ4v) is 2.05. The number of carbonyl (C=O) groups excluding carboxylic acids is 1. The summed E-state index contributed by atoms with van der Waals surface area (Å²) in [5, 5.41) is 5.54. The van der Waals surface area contributed by atoms with Gasteiger partial charge in [-0.2, -0.15) is 0 Å². The highest BCUT2D eigenvalue weighted by Gasteiger charge is 2.10. The molecule has 2 N–H and O–H groups in total. The summed E-state index contributed by atoms with van der Waals surface area (Å²) >= 11 is 5.19. The van der Waals surface area contributed by atoms with Gasteiger partial charge in [-0.25, -0.2) is 4.79 Å². The van der Waals surface area contributed by atoms with E-state index in [0.29, 0.717) is 4.99 Å². The predicted molar refractivity (Wildman–Crippen MR) is 84.7 cm³/mol. The van der Waals surface area contributed by atoms with Gasteiger partial charge in [-0.1, -0.05) is 72.9 Å². The predicted octanol–water partition coefficient (Wildman–Crippen LogP) is 3.42. The number of hydrogen-bond donors (Lipinski definition) is 2. The standard InChI is InChI=1S/C16H16N2OS/c1-12(13-8-4-2-5-9-13)17-16(19)18-15(20)14-10-6-3-7-11-14/h2-12H,1H3,(H2,17,18,19,20)/t12-/m1/s1. The molecule has 0 aliphatic heterocycles. The van der Waals surface area contributed by atoms with Crippen LogP contribution in [0.1, 0.15) is 24.1 Å². The molecule has 0 unspecified atom stereocenters. The van der Waals surface area contributed by atoms with Gasteiger partial charge < -0.3 is 5.32 Å². The molecule has 4 heteroatoms.